The van der Waals surface area contributed by atoms with Gasteiger partial charge in [0, 0.05) is 36.0 Å². The molecule has 0 saturated heterocycles. The van der Waals surface area contributed by atoms with E-state index in [0.29, 0.717) is 23.5 Å². The van der Waals surface area contributed by atoms with Gasteiger partial charge in [-0.1, -0.05) is 51.2 Å². The first-order valence-corrected chi connectivity index (χ1v) is 15.3. The third-order valence-electron chi connectivity index (χ3n) is 10.1. The zero-order valence-electron chi connectivity index (χ0n) is 23.4. The number of unbranched alkanes of at least 4 members (excludes halogenated alkanes) is 7. The summed E-state index contributed by atoms with van der Waals surface area (Å²) in [6.07, 6.45) is 21.3. The Morgan fingerprint density at radius 3 is 2.41 bits per heavy atom. The third kappa shape index (κ3) is 5.81. The molecule has 0 bridgehead atoms. The van der Waals surface area contributed by atoms with Gasteiger partial charge in [0.2, 0.25) is 0 Å². The van der Waals surface area contributed by atoms with Crippen LogP contribution >= 0.6 is 0 Å². The van der Waals surface area contributed by atoms with Crippen LogP contribution in [0.4, 0.5) is 0 Å². The van der Waals surface area contributed by atoms with Gasteiger partial charge in [-0.2, -0.15) is 0 Å². The first kappa shape index (κ1) is 26.4. The monoisotopic (exact) mass is 502 g/mol. The summed E-state index contributed by atoms with van der Waals surface area (Å²) in [5, 5.41) is 0. The van der Waals surface area contributed by atoms with E-state index < -0.39 is 0 Å². The van der Waals surface area contributed by atoms with Crippen molar-refractivity contribution in [3.05, 3.63) is 59.4 Å². The maximum Gasteiger partial charge on any atom is 0.168 e. The van der Waals surface area contributed by atoms with Gasteiger partial charge in [-0.3, -0.25) is 4.79 Å². The summed E-state index contributed by atoms with van der Waals surface area (Å²) in [7, 11) is 0. The molecule has 3 aliphatic carbocycles. The Balaban J connectivity index is 1.05. The normalized spacial score (nSPS) is 26.4. The van der Waals surface area contributed by atoms with E-state index in [1.165, 1.54) is 62.5 Å². The van der Waals surface area contributed by atoms with E-state index in [1.54, 1.807) is 5.56 Å². The lowest BCUT2D eigenvalue weighted by Crippen LogP contribution is -2.42. The fraction of sp³-hybridized carbons (Fsp3) is 0.647. The van der Waals surface area contributed by atoms with Crippen LogP contribution in [0.2, 0.25) is 0 Å². The number of hydrogen-bond donors (Lipinski definition) is 0. The van der Waals surface area contributed by atoms with Gasteiger partial charge in [0.25, 0.3) is 0 Å². The summed E-state index contributed by atoms with van der Waals surface area (Å²) in [6.45, 7) is 6.52. The fourth-order valence-electron chi connectivity index (χ4n) is 7.97. The Labute approximate surface area is 225 Å². The second-order valence-electron chi connectivity index (χ2n) is 12.4. The number of aromatic nitrogens is 1. The van der Waals surface area contributed by atoms with Crippen LogP contribution in [-0.2, 0) is 17.8 Å². The number of pyridine rings is 1. The molecular formula is C34H48NO2+. The van der Waals surface area contributed by atoms with Crippen molar-refractivity contribution in [1.29, 1.82) is 0 Å². The molecule has 2 fully saturated rings. The number of Topliss-reactive ketones (excluding diaryl/α,β-unsaturated/α-hetero) is 1. The van der Waals surface area contributed by atoms with Crippen LogP contribution in [0.3, 0.4) is 0 Å². The predicted molar refractivity (Wildman–Crippen MR) is 150 cm³/mol. The highest BCUT2D eigenvalue weighted by Gasteiger charge is 2.55. The van der Waals surface area contributed by atoms with Crippen molar-refractivity contribution in [3.63, 3.8) is 0 Å². The van der Waals surface area contributed by atoms with Gasteiger partial charge in [-0.05, 0) is 86.8 Å². The molecule has 1 aromatic carbocycles. The van der Waals surface area contributed by atoms with E-state index in [0.717, 1.165) is 57.4 Å². The summed E-state index contributed by atoms with van der Waals surface area (Å²) in [6, 6.07) is 10.8. The first-order chi connectivity index (χ1) is 18.1. The summed E-state index contributed by atoms with van der Waals surface area (Å²) >= 11 is 0. The zero-order chi connectivity index (χ0) is 25.7. The van der Waals surface area contributed by atoms with Crippen molar-refractivity contribution in [3.8, 4) is 5.75 Å². The number of nitrogens with zero attached hydrogens (tertiary/aromatic N) is 1. The maximum absolute atomic E-state index is 12.7. The maximum atomic E-state index is 12.7. The van der Waals surface area contributed by atoms with Crippen LogP contribution in [0.15, 0.2) is 42.7 Å². The molecule has 4 atom stereocenters. The Hall–Kier alpha value is -2.16. The SMILES string of the molecule is Cc1ccc(OCCCCCCCCCC[n+]2ccccc2)c2c1CCC1C2CC[C@]2(C)C(=O)CCC12. The zero-order valence-corrected chi connectivity index (χ0v) is 23.4. The van der Waals surface area contributed by atoms with Crippen molar-refractivity contribution in [2.24, 2.45) is 17.3 Å². The molecule has 200 valence electrons. The molecule has 1 heterocycles. The minimum atomic E-state index is -0.0512. The number of fused-ring (bicyclic) bond motifs is 5. The van der Waals surface area contributed by atoms with Crippen LogP contribution < -0.4 is 9.30 Å². The molecule has 0 radical (unpaired) electrons. The van der Waals surface area contributed by atoms with Gasteiger partial charge < -0.3 is 4.74 Å². The van der Waals surface area contributed by atoms with Crippen molar-refractivity contribution >= 4 is 5.78 Å². The number of carbonyl (C=O) groups excluding carboxylic acids is 1. The Morgan fingerprint density at radius 1 is 0.892 bits per heavy atom. The number of carbonyl (C=O) groups is 1. The largest absolute Gasteiger partial charge is 0.493 e. The highest BCUT2D eigenvalue weighted by molar-refractivity contribution is 5.87. The Kier molecular flexibility index (Phi) is 8.67. The van der Waals surface area contributed by atoms with Crippen LogP contribution in [0.1, 0.15) is 113 Å². The van der Waals surface area contributed by atoms with Crippen molar-refractivity contribution in [1.82, 2.24) is 0 Å². The Morgan fingerprint density at radius 2 is 1.62 bits per heavy atom. The van der Waals surface area contributed by atoms with Crippen molar-refractivity contribution in [2.45, 2.75) is 116 Å². The molecule has 0 amide bonds. The highest BCUT2D eigenvalue weighted by atomic mass is 16.5. The molecule has 3 unspecified atom stereocenters. The number of ketones is 1. The van der Waals surface area contributed by atoms with E-state index in [2.05, 4.69) is 61.1 Å². The molecule has 1 aromatic heterocycles. The van der Waals surface area contributed by atoms with Crippen molar-refractivity contribution < 1.29 is 14.1 Å². The lowest BCUT2D eigenvalue weighted by Gasteiger charge is -2.48. The average molecular weight is 503 g/mol. The predicted octanol–water partition coefficient (Wildman–Crippen LogP) is 7.91. The second-order valence-corrected chi connectivity index (χ2v) is 12.4. The molecule has 3 heteroatoms. The number of rotatable bonds is 12. The minimum absolute atomic E-state index is 0.0512. The van der Waals surface area contributed by atoms with Crippen LogP contribution in [-0.4, -0.2) is 12.4 Å². The molecule has 0 spiro atoms. The van der Waals surface area contributed by atoms with Gasteiger partial charge >= 0.3 is 0 Å². The molecular weight excluding hydrogens is 454 g/mol. The highest BCUT2D eigenvalue weighted by Crippen LogP contribution is 2.60. The van der Waals surface area contributed by atoms with Gasteiger partial charge in [0.1, 0.15) is 18.1 Å². The van der Waals surface area contributed by atoms with E-state index in [-0.39, 0.29) is 5.41 Å². The topological polar surface area (TPSA) is 30.2 Å². The second kappa shape index (κ2) is 12.1. The van der Waals surface area contributed by atoms with Crippen LogP contribution in [0.5, 0.6) is 5.75 Å². The van der Waals surface area contributed by atoms with Crippen molar-refractivity contribution in [2.75, 3.05) is 6.61 Å². The third-order valence-corrected chi connectivity index (χ3v) is 10.1. The molecule has 3 nitrogen and oxygen atoms in total. The summed E-state index contributed by atoms with van der Waals surface area (Å²) < 4.78 is 8.78. The number of hydrogen-bond acceptors (Lipinski definition) is 2. The molecule has 0 N–H and O–H groups in total. The van der Waals surface area contributed by atoms with Gasteiger partial charge in [-0.25, -0.2) is 4.57 Å². The summed E-state index contributed by atoms with van der Waals surface area (Å²) in [5.74, 6) is 3.52. The quantitative estimate of drug-likeness (QED) is 0.218. The Bertz CT molecular complexity index is 1050. The van der Waals surface area contributed by atoms with E-state index in [9.17, 15) is 4.79 Å². The first-order valence-electron chi connectivity index (χ1n) is 15.3. The number of aryl methyl sites for hydroxylation is 2. The smallest absolute Gasteiger partial charge is 0.168 e. The van der Waals surface area contributed by atoms with Gasteiger partial charge in [0.05, 0.1) is 6.61 Å². The number of ether oxygens (including phenoxy) is 1. The van der Waals surface area contributed by atoms with Gasteiger partial charge in [0.15, 0.2) is 12.4 Å². The molecule has 2 aromatic rings. The fourth-order valence-corrected chi connectivity index (χ4v) is 7.97. The standard InChI is InChI=1S/C34H48NO2/c1-26-14-18-31(37-25-13-8-6-4-3-5-7-10-22-35-23-11-9-12-24-35)33-27(26)15-16-28-29(33)20-21-34(2)30(28)17-19-32(34)36/h9,11-12,14,18,23-24,28-30H,3-8,10,13,15-17,19-22,25H2,1-2H3/q+1/t28?,29?,30?,34-/m0/s1. The summed E-state index contributed by atoms with van der Waals surface area (Å²) in [4.78, 5) is 12.7. The lowest BCUT2D eigenvalue weighted by molar-refractivity contribution is -0.697. The minimum Gasteiger partial charge on any atom is -0.493 e. The molecule has 0 aliphatic heterocycles. The molecule has 37 heavy (non-hydrogen) atoms. The number of benzene rings is 1. The van der Waals surface area contributed by atoms with E-state index >= 15 is 0 Å². The lowest BCUT2D eigenvalue weighted by atomic mass is 9.55. The van der Waals surface area contributed by atoms with E-state index in [1.807, 2.05) is 0 Å². The van der Waals surface area contributed by atoms with Crippen LogP contribution in [0, 0.1) is 24.2 Å². The molecule has 5 rings (SSSR count). The average Bonchev–Trinajstić information content (AvgIpc) is 3.23. The molecule has 3 aliphatic rings. The van der Waals surface area contributed by atoms with Gasteiger partial charge in [-0.15, -0.1) is 0 Å². The summed E-state index contributed by atoms with van der Waals surface area (Å²) in [5.41, 5.74) is 4.45. The van der Waals surface area contributed by atoms with Crippen LogP contribution in [0.25, 0.3) is 0 Å². The van der Waals surface area contributed by atoms with E-state index in [4.69, 9.17) is 4.74 Å². The molecule has 2 saturated carbocycles.